The highest BCUT2D eigenvalue weighted by molar-refractivity contribution is 7.07. The Balaban J connectivity index is 1.62. The lowest BCUT2D eigenvalue weighted by atomic mass is 9.95. The largest absolute Gasteiger partial charge is 0.488 e. The Kier molecular flexibility index (Phi) is 8.20. The lowest BCUT2D eigenvalue weighted by molar-refractivity contribution is -0.139. The summed E-state index contributed by atoms with van der Waals surface area (Å²) in [5.41, 5.74) is 4.26. The summed E-state index contributed by atoms with van der Waals surface area (Å²) in [6.45, 7) is 5.85. The number of aryl methyl sites for hydroxylation is 1. The van der Waals surface area contributed by atoms with Gasteiger partial charge in [-0.15, -0.1) is 0 Å². The zero-order chi connectivity index (χ0) is 29.1. The summed E-state index contributed by atoms with van der Waals surface area (Å²) in [6.07, 6.45) is 1.72. The number of rotatable bonds is 7. The van der Waals surface area contributed by atoms with Gasteiger partial charge in [0.25, 0.3) is 5.56 Å². The molecule has 0 bridgehead atoms. The molecule has 206 valence electrons. The maximum atomic E-state index is 14.0. The van der Waals surface area contributed by atoms with E-state index in [0.717, 1.165) is 16.7 Å². The van der Waals surface area contributed by atoms with Crippen LogP contribution >= 0.6 is 22.9 Å². The van der Waals surface area contributed by atoms with Gasteiger partial charge >= 0.3 is 5.97 Å². The first-order chi connectivity index (χ1) is 19.8. The number of halogens is 1. The summed E-state index contributed by atoms with van der Waals surface area (Å²) in [7, 11) is 0. The molecule has 0 aliphatic carbocycles. The van der Waals surface area contributed by atoms with Crippen molar-refractivity contribution < 1.29 is 14.3 Å². The van der Waals surface area contributed by atoms with Crippen LogP contribution in [0.3, 0.4) is 0 Å². The van der Waals surface area contributed by atoms with Crippen molar-refractivity contribution in [3.8, 4) is 11.8 Å². The molecule has 7 nitrogen and oxygen atoms in total. The predicted octanol–water partition coefficient (Wildman–Crippen LogP) is 5.21. The first kappa shape index (κ1) is 28.1. The molecular weight excluding hydrogens is 558 g/mol. The number of hydrogen-bond acceptors (Lipinski definition) is 7. The molecule has 0 N–H and O–H groups in total. The number of hydrogen-bond donors (Lipinski definition) is 0. The van der Waals surface area contributed by atoms with Gasteiger partial charge in [-0.1, -0.05) is 71.0 Å². The van der Waals surface area contributed by atoms with Crippen molar-refractivity contribution in [1.29, 1.82) is 5.26 Å². The molecule has 0 saturated heterocycles. The number of aromatic nitrogens is 1. The van der Waals surface area contributed by atoms with Gasteiger partial charge in [0.15, 0.2) is 4.80 Å². The third-order valence-corrected chi connectivity index (χ3v) is 7.91. The molecule has 0 radical (unpaired) electrons. The Labute approximate surface area is 245 Å². The molecule has 2 heterocycles. The molecule has 0 spiro atoms. The van der Waals surface area contributed by atoms with Crippen LogP contribution in [0.25, 0.3) is 6.08 Å². The number of benzene rings is 3. The van der Waals surface area contributed by atoms with Gasteiger partial charge in [-0.3, -0.25) is 9.36 Å². The number of nitrogens with zero attached hydrogens (tertiary/aromatic N) is 3. The van der Waals surface area contributed by atoms with E-state index in [1.165, 1.54) is 11.3 Å². The van der Waals surface area contributed by atoms with Gasteiger partial charge in [0.05, 0.1) is 40.1 Å². The summed E-state index contributed by atoms with van der Waals surface area (Å²) in [5.74, 6) is 0.00300. The summed E-state index contributed by atoms with van der Waals surface area (Å²) < 4.78 is 13.4. The number of ether oxygens (including phenoxy) is 2. The fourth-order valence-electron chi connectivity index (χ4n) is 4.67. The number of thiazole rings is 1. The monoisotopic (exact) mass is 583 g/mol. The van der Waals surface area contributed by atoms with Crippen LogP contribution in [0.1, 0.15) is 47.7 Å². The zero-order valence-electron chi connectivity index (χ0n) is 22.7. The Hall–Kier alpha value is -4.45. The smallest absolute Gasteiger partial charge is 0.338 e. The van der Waals surface area contributed by atoms with Crippen LogP contribution in [-0.2, 0) is 16.1 Å². The van der Waals surface area contributed by atoms with E-state index in [0.29, 0.717) is 42.5 Å². The zero-order valence-corrected chi connectivity index (χ0v) is 24.3. The van der Waals surface area contributed by atoms with Crippen molar-refractivity contribution in [3.63, 3.8) is 0 Å². The van der Waals surface area contributed by atoms with Crippen molar-refractivity contribution >= 4 is 35.0 Å². The number of carbonyl (C=O) groups excluding carboxylic acids is 1. The Bertz CT molecular complexity index is 1900. The number of esters is 1. The lowest BCUT2D eigenvalue weighted by Gasteiger charge is -2.24. The highest BCUT2D eigenvalue weighted by atomic mass is 35.5. The normalized spacial score (nSPS) is 14.7. The van der Waals surface area contributed by atoms with Gasteiger partial charge in [0.2, 0.25) is 0 Å². The highest BCUT2D eigenvalue weighted by Crippen LogP contribution is 2.31. The Morgan fingerprint density at radius 1 is 1.15 bits per heavy atom. The minimum atomic E-state index is -0.689. The molecule has 0 saturated carbocycles. The van der Waals surface area contributed by atoms with E-state index in [1.54, 1.807) is 54.8 Å². The minimum Gasteiger partial charge on any atom is -0.488 e. The first-order valence-electron chi connectivity index (χ1n) is 13.0. The number of nitriles is 1. The van der Waals surface area contributed by atoms with E-state index in [-0.39, 0.29) is 18.8 Å². The molecule has 1 aliphatic heterocycles. The molecule has 5 rings (SSSR count). The van der Waals surface area contributed by atoms with Crippen LogP contribution in [0.15, 0.2) is 87.8 Å². The van der Waals surface area contributed by atoms with Crippen LogP contribution in [0, 0.1) is 18.3 Å². The van der Waals surface area contributed by atoms with E-state index in [1.807, 2.05) is 43.3 Å². The Morgan fingerprint density at radius 3 is 2.63 bits per heavy atom. The summed E-state index contributed by atoms with van der Waals surface area (Å²) in [6, 6.07) is 21.6. The maximum Gasteiger partial charge on any atom is 0.338 e. The number of allylic oxidation sites excluding steroid dienone is 1. The maximum absolute atomic E-state index is 14.0. The average Bonchev–Trinajstić information content (AvgIpc) is 3.26. The molecule has 3 aromatic carbocycles. The van der Waals surface area contributed by atoms with Gasteiger partial charge in [-0.25, -0.2) is 9.79 Å². The van der Waals surface area contributed by atoms with E-state index >= 15 is 0 Å². The Morgan fingerprint density at radius 2 is 1.90 bits per heavy atom. The van der Waals surface area contributed by atoms with E-state index in [2.05, 4.69) is 11.1 Å². The number of fused-ring (bicyclic) bond motifs is 1. The topological polar surface area (TPSA) is 93.7 Å². The minimum absolute atomic E-state index is 0.170. The molecule has 1 atom stereocenters. The summed E-state index contributed by atoms with van der Waals surface area (Å²) in [5, 5.41) is 9.90. The van der Waals surface area contributed by atoms with Crippen molar-refractivity contribution in [2.75, 3.05) is 6.61 Å². The van der Waals surface area contributed by atoms with Crippen molar-refractivity contribution in [1.82, 2.24) is 4.57 Å². The second-order valence-electron chi connectivity index (χ2n) is 9.45. The van der Waals surface area contributed by atoms with Crippen molar-refractivity contribution in [2.24, 2.45) is 4.99 Å². The highest BCUT2D eigenvalue weighted by Gasteiger charge is 2.33. The van der Waals surface area contributed by atoms with Crippen LogP contribution < -0.4 is 19.6 Å². The average molecular weight is 584 g/mol. The van der Waals surface area contributed by atoms with Gasteiger partial charge in [-0.2, -0.15) is 5.26 Å². The molecule has 1 aliphatic rings. The fourth-order valence-corrected chi connectivity index (χ4v) is 5.89. The summed E-state index contributed by atoms with van der Waals surface area (Å²) >= 11 is 7.56. The molecular formula is C32H26ClN3O4S. The van der Waals surface area contributed by atoms with Gasteiger partial charge in [0, 0.05) is 16.1 Å². The quantitative estimate of drug-likeness (QED) is 0.278. The predicted molar refractivity (Wildman–Crippen MR) is 159 cm³/mol. The van der Waals surface area contributed by atoms with Crippen molar-refractivity contribution in [3.05, 3.63) is 131 Å². The van der Waals surface area contributed by atoms with Crippen molar-refractivity contribution in [2.45, 2.75) is 33.4 Å². The molecule has 0 amide bonds. The van der Waals surface area contributed by atoms with Crippen LogP contribution in [-0.4, -0.2) is 17.1 Å². The van der Waals surface area contributed by atoms with Gasteiger partial charge in [0.1, 0.15) is 12.4 Å². The third kappa shape index (κ3) is 5.73. The standard InChI is InChI=1S/C32H26ClN3O4S/c1-4-39-31(38)28-20(3)35-32-36(29(28)21-11-9-19(2)10-12-21)30(37)27(41-32)16-24-15-25(33)13-14-26(24)40-18-23-8-6-5-7-22(23)17-34/h5-16,29H,4,18H2,1-3H3/b27-16-/t29-/m1/s1. The first-order valence-corrected chi connectivity index (χ1v) is 14.2. The molecule has 4 aromatic rings. The molecule has 41 heavy (non-hydrogen) atoms. The second kappa shape index (κ2) is 12.0. The van der Waals surface area contributed by atoms with Crippen LogP contribution in [0.4, 0.5) is 0 Å². The molecule has 9 heteroatoms. The number of carbonyl (C=O) groups is 1. The lowest BCUT2D eigenvalue weighted by Crippen LogP contribution is -2.39. The SMILES string of the molecule is CCOC(=O)C1=C(C)N=c2s/c(=C\c3cc(Cl)ccc3OCc3ccccc3C#N)c(=O)n2[C@@H]1c1ccc(C)cc1. The van der Waals surface area contributed by atoms with E-state index in [9.17, 15) is 14.9 Å². The summed E-state index contributed by atoms with van der Waals surface area (Å²) in [4.78, 5) is 32.2. The van der Waals surface area contributed by atoms with Gasteiger partial charge in [-0.05, 0) is 56.7 Å². The molecule has 0 unspecified atom stereocenters. The second-order valence-corrected chi connectivity index (χ2v) is 10.9. The third-order valence-electron chi connectivity index (χ3n) is 6.69. The van der Waals surface area contributed by atoms with E-state index in [4.69, 9.17) is 21.1 Å². The molecule has 0 fully saturated rings. The van der Waals surface area contributed by atoms with Gasteiger partial charge < -0.3 is 9.47 Å². The molecule has 1 aromatic heterocycles. The fraction of sp³-hybridized carbons (Fsp3) is 0.188. The van der Waals surface area contributed by atoms with E-state index < -0.39 is 12.0 Å². The van der Waals surface area contributed by atoms with Crippen LogP contribution in [0.2, 0.25) is 5.02 Å². The van der Waals surface area contributed by atoms with Crippen LogP contribution in [0.5, 0.6) is 5.75 Å².